The average molecular weight is 392 g/mol. The number of benzene rings is 2. The molecule has 1 aliphatic rings. The Kier molecular flexibility index (Phi) is 6.76. The zero-order valence-electron chi connectivity index (χ0n) is 15.0. The van der Waals surface area contributed by atoms with Crippen LogP contribution < -0.4 is 20.3 Å². The summed E-state index contributed by atoms with van der Waals surface area (Å²) in [5.41, 5.74) is 1.92. The number of rotatable bonds is 6. The third-order valence-electron chi connectivity index (χ3n) is 4.39. The molecular weight excluding hydrogens is 369 g/mol. The van der Waals surface area contributed by atoms with Gasteiger partial charge in [0.15, 0.2) is 0 Å². The molecule has 0 unspecified atom stereocenters. The number of piperidine rings is 1. The number of amides is 2. The van der Waals surface area contributed by atoms with E-state index < -0.39 is 5.82 Å². The molecule has 0 radical (unpaired) electrons. The lowest BCUT2D eigenvalue weighted by Gasteiger charge is -2.28. The Morgan fingerprint density at radius 2 is 1.85 bits per heavy atom. The number of halogens is 2. The second-order valence-electron chi connectivity index (χ2n) is 6.40. The third-order valence-corrected chi connectivity index (χ3v) is 4.68. The number of urea groups is 1. The quantitative estimate of drug-likeness (QED) is 0.703. The molecule has 0 saturated carbocycles. The van der Waals surface area contributed by atoms with Gasteiger partial charge in [0.1, 0.15) is 18.2 Å². The van der Waals surface area contributed by atoms with Gasteiger partial charge < -0.3 is 20.3 Å². The first-order valence-electron chi connectivity index (χ1n) is 9.09. The van der Waals surface area contributed by atoms with Gasteiger partial charge in [-0.15, -0.1) is 0 Å². The minimum absolute atomic E-state index is 0.202. The van der Waals surface area contributed by atoms with Gasteiger partial charge in [-0.3, -0.25) is 0 Å². The summed E-state index contributed by atoms with van der Waals surface area (Å²) in [5, 5.41) is 5.70. The van der Waals surface area contributed by atoms with Gasteiger partial charge in [0.25, 0.3) is 0 Å². The summed E-state index contributed by atoms with van der Waals surface area (Å²) in [6, 6.07) is 11.5. The Labute approximate surface area is 163 Å². The van der Waals surface area contributed by atoms with Crippen molar-refractivity contribution >= 4 is 29.0 Å². The normalized spacial score (nSPS) is 13.9. The molecule has 1 saturated heterocycles. The molecule has 144 valence electrons. The van der Waals surface area contributed by atoms with E-state index in [9.17, 15) is 9.18 Å². The Morgan fingerprint density at radius 1 is 1.11 bits per heavy atom. The lowest BCUT2D eigenvalue weighted by Crippen LogP contribution is -2.32. The molecule has 0 spiro atoms. The van der Waals surface area contributed by atoms with Gasteiger partial charge in [-0.1, -0.05) is 11.6 Å². The molecule has 2 aromatic carbocycles. The van der Waals surface area contributed by atoms with Crippen molar-refractivity contribution in [2.24, 2.45) is 0 Å². The zero-order chi connectivity index (χ0) is 19.1. The minimum Gasteiger partial charge on any atom is -0.490 e. The lowest BCUT2D eigenvalue weighted by atomic mass is 10.1. The molecule has 0 aromatic heterocycles. The van der Waals surface area contributed by atoms with E-state index in [2.05, 4.69) is 15.5 Å². The molecule has 0 aliphatic carbocycles. The first-order chi connectivity index (χ1) is 13.1. The van der Waals surface area contributed by atoms with Crippen LogP contribution in [0.2, 0.25) is 5.02 Å². The topological polar surface area (TPSA) is 53.6 Å². The van der Waals surface area contributed by atoms with Crippen LogP contribution in [0.1, 0.15) is 19.3 Å². The van der Waals surface area contributed by atoms with Crippen molar-refractivity contribution in [1.29, 1.82) is 0 Å². The summed E-state index contributed by atoms with van der Waals surface area (Å²) < 4.78 is 18.4. The number of anilines is 2. The van der Waals surface area contributed by atoms with E-state index in [0.29, 0.717) is 12.3 Å². The van der Waals surface area contributed by atoms with E-state index in [1.807, 2.05) is 24.3 Å². The number of ether oxygens (including phenoxy) is 1. The summed E-state index contributed by atoms with van der Waals surface area (Å²) in [4.78, 5) is 14.3. The van der Waals surface area contributed by atoms with Crippen LogP contribution in [-0.4, -0.2) is 32.3 Å². The highest BCUT2D eigenvalue weighted by Gasteiger charge is 2.11. The maximum Gasteiger partial charge on any atom is 0.319 e. The summed E-state index contributed by atoms with van der Waals surface area (Å²) in [5.74, 6) is -0.0373. The highest BCUT2D eigenvalue weighted by Crippen LogP contribution is 2.24. The first kappa shape index (κ1) is 19.3. The smallest absolute Gasteiger partial charge is 0.319 e. The monoisotopic (exact) mass is 391 g/mol. The fourth-order valence-corrected chi connectivity index (χ4v) is 3.22. The Hall–Kier alpha value is -2.47. The second kappa shape index (κ2) is 9.46. The number of nitrogens with one attached hydrogen (secondary N) is 2. The van der Waals surface area contributed by atoms with Crippen LogP contribution in [-0.2, 0) is 0 Å². The Bertz CT molecular complexity index is 764. The van der Waals surface area contributed by atoms with Crippen molar-refractivity contribution in [2.75, 3.05) is 36.5 Å². The molecule has 7 heteroatoms. The molecule has 2 N–H and O–H groups in total. The lowest BCUT2D eigenvalue weighted by molar-refractivity contribution is 0.247. The predicted molar refractivity (Wildman–Crippen MR) is 106 cm³/mol. The van der Waals surface area contributed by atoms with Crippen LogP contribution in [0.15, 0.2) is 42.5 Å². The van der Waals surface area contributed by atoms with Gasteiger partial charge in [-0.25, -0.2) is 9.18 Å². The van der Waals surface area contributed by atoms with Gasteiger partial charge in [-0.05, 0) is 61.7 Å². The van der Waals surface area contributed by atoms with Crippen LogP contribution in [0, 0.1) is 5.82 Å². The van der Waals surface area contributed by atoms with Crippen LogP contribution in [0.25, 0.3) is 0 Å². The molecule has 1 heterocycles. The molecular formula is C20H23ClFN3O2. The minimum atomic E-state index is -0.420. The van der Waals surface area contributed by atoms with E-state index in [0.717, 1.165) is 18.8 Å². The van der Waals surface area contributed by atoms with E-state index in [1.165, 1.54) is 43.1 Å². The molecule has 2 aromatic rings. The van der Waals surface area contributed by atoms with Crippen molar-refractivity contribution in [3.8, 4) is 5.75 Å². The predicted octanol–water partition coefficient (Wildman–Crippen LogP) is 4.67. The maximum absolute atomic E-state index is 13.0. The standard InChI is InChI=1S/C20H23ClFN3O2/c21-18-14-15(22)4-9-19(18)27-13-10-23-20(26)24-16-5-7-17(8-6-16)25-11-2-1-3-12-25/h4-9,14H,1-3,10-13H2,(H2,23,24,26). The molecule has 1 aliphatic heterocycles. The number of hydrogen-bond donors (Lipinski definition) is 2. The van der Waals surface area contributed by atoms with Gasteiger partial charge in [0.05, 0.1) is 11.6 Å². The maximum atomic E-state index is 13.0. The molecule has 27 heavy (non-hydrogen) atoms. The van der Waals surface area contributed by atoms with Crippen LogP contribution in [0.4, 0.5) is 20.6 Å². The van der Waals surface area contributed by atoms with Crippen molar-refractivity contribution < 1.29 is 13.9 Å². The number of nitrogens with zero attached hydrogens (tertiary/aromatic N) is 1. The van der Waals surface area contributed by atoms with Gasteiger partial charge in [0, 0.05) is 24.5 Å². The second-order valence-corrected chi connectivity index (χ2v) is 6.81. The zero-order valence-corrected chi connectivity index (χ0v) is 15.8. The first-order valence-corrected chi connectivity index (χ1v) is 9.47. The van der Waals surface area contributed by atoms with Crippen molar-refractivity contribution in [2.45, 2.75) is 19.3 Å². The van der Waals surface area contributed by atoms with Crippen molar-refractivity contribution in [1.82, 2.24) is 5.32 Å². The molecule has 5 nitrogen and oxygen atoms in total. The van der Waals surface area contributed by atoms with E-state index in [4.69, 9.17) is 16.3 Å². The van der Waals surface area contributed by atoms with Crippen LogP contribution in [0.3, 0.4) is 0 Å². The summed E-state index contributed by atoms with van der Waals surface area (Å²) in [6.45, 7) is 2.70. The van der Waals surface area contributed by atoms with Gasteiger partial charge in [-0.2, -0.15) is 0 Å². The third kappa shape index (κ3) is 5.76. The van der Waals surface area contributed by atoms with Crippen molar-refractivity contribution in [3.63, 3.8) is 0 Å². The molecule has 0 bridgehead atoms. The summed E-state index contributed by atoms with van der Waals surface area (Å²) >= 11 is 5.88. The van der Waals surface area contributed by atoms with E-state index in [1.54, 1.807) is 0 Å². The van der Waals surface area contributed by atoms with Crippen LogP contribution in [0.5, 0.6) is 5.75 Å². The Morgan fingerprint density at radius 3 is 2.56 bits per heavy atom. The molecule has 3 rings (SSSR count). The highest BCUT2D eigenvalue weighted by molar-refractivity contribution is 6.32. The number of carbonyl (C=O) groups is 1. The fourth-order valence-electron chi connectivity index (χ4n) is 3.00. The number of hydrogen-bond acceptors (Lipinski definition) is 3. The number of carbonyl (C=O) groups excluding carboxylic acids is 1. The van der Waals surface area contributed by atoms with Crippen molar-refractivity contribution in [3.05, 3.63) is 53.3 Å². The SMILES string of the molecule is O=C(NCCOc1ccc(F)cc1Cl)Nc1ccc(N2CCCCC2)cc1. The molecule has 0 atom stereocenters. The van der Waals surface area contributed by atoms with Gasteiger partial charge >= 0.3 is 6.03 Å². The van der Waals surface area contributed by atoms with E-state index in [-0.39, 0.29) is 17.7 Å². The summed E-state index contributed by atoms with van der Waals surface area (Å²) in [7, 11) is 0. The molecule has 1 fully saturated rings. The van der Waals surface area contributed by atoms with E-state index >= 15 is 0 Å². The summed E-state index contributed by atoms with van der Waals surface area (Å²) in [6.07, 6.45) is 3.76. The highest BCUT2D eigenvalue weighted by atomic mass is 35.5. The fraction of sp³-hybridized carbons (Fsp3) is 0.350. The molecule has 2 amide bonds. The Balaban J connectivity index is 1.40. The largest absolute Gasteiger partial charge is 0.490 e. The average Bonchev–Trinajstić information content (AvgIpc) is 2.68. The van der Waals surface area contributed by atoms with Gasteiger partial charge in [0.2, 0.25) is 0 Å². The van der Waals surface area contributed by atoms with Crippen LogP contribution >= 0.6 is 11.6 Å².